The van der Waals surface area contributed by atoms with Crippen molar-refractivity contribution in [3.8, 4) is 6.07 Å². The highest BCUT2D eigenvalue weighted by atomic mass is 32.2. The molecule has 1 radical (unpaired) electrons. The third-order valence-corrected chi connectivity index (χ3v) is 3.79. The average molecular weight is 289 g/mol. The van der Waals surface area contributed by atoms with Gasteiger partial charge in [-0.1, -0.05) is 0 Å². The highest BCUT2D eigenvalue weighted by Gasteiger charge is 2.44. The fourth-order valence-electron chi connectivity index (χ4n) is 1.82. The summed E-state index contributed by atoms with van der Waals surface area (Å²) < 4.78 is 5.39. The van der Waals surface area contributed by atoms with Crippen molar-refractivity contribution in [2.75, 3.05) is 6.26 Å². The van der Waals surface area contributed by atoms with Gasteiger partial charge in [0, 0.05) is 12.8 Å². The van der Waals surface area contributed by atoms with E-state index in [-0.39, 0.29) is 6.42 Å². The predicted molar refractivity (Wildman–Crippen MR) is 67.4 cm³/mol. The Labute approximate surface area is 115 Å². The minimum atomic E-state index is -1.39. The quantitative estimate of drug-likeness (QED) is 0.477. The SMILES string of the molecule is CSC1OC([CH]C(CC#N)C(N)=O)C(O)C(O)C1O. The molecule has 1 saturated heterocycles. The van der Waals surface area contributed by atoms with Gasteiger partial charge >= 0.3 is 0 Å². The number of carbonyl (C=O) groups excluding carboxylic acids is 1. The van der Waals surface area contributed by atoms with Crippen LogP contribution in [0.25, 0.3) is 0 Å². The van der Waals surface area contributed by atoms with Gasteiger partial charge in [-0.25, -0.2) is 0 Å². The molecule has 0 aromatic carbocycles. The summed E-state index contributed by atoms with van der Waals surface area (Å²) in [5, 5.41) is 37.8. The van der Waals surface area contributed by atoms with Gasteiger partial charge in [-0.05, 0) is 6.26 Å². The van der Waals surface area contributed by atoms with Crippen molar-refractivity contribution in [1.82, 2.24) is 0 Å². The third-order valence-electron chi connectivity index (χ3n) is 2.94. The number of thioether (sulfide) groups is 1. The predicted octanol–water partition coefficient (Wildman–Crippen LogP) is -1.62. The van der Waals surface area contributed by atoms with Crippen LogP contribution in [-0.4, -0.2) is 57.3 Å². The number of nitriles is 1. The van der Waals surface area contributed by atoms with Crippen LogP contribution in [0.1, 0.15) is 6.42 Å². The summed E-state index contributed by atoms with van der Waals surface area (Å²) in [6.07, 6.45) is -2.11. The Kier molecular flexibility index (Phi) is 6.03. The number of aliphatic hydroxyl groups is 3. The molecule has 107 valence electrons. The summed E-state index contributed by atoms with van der Waals surface area (Å²) >= 11 is 1.17. The Balaban J connectivity index is 2.75. The lowest BCUT2D eigenvalue weighted by Crippen LogP contribution is -2.57. The minimum absolute atomic E-state index is 0.134. The first-order chi connectivity index (χ1) is 8.92. The molecule has 1 fully saturated rings. The molecule has 6 atom stereocenters. The van der Waals surface area contributed by atoms with Gasteiger partial charge in [-0.3, -0.25) is 4.79 Å². The average Bonchev–Trinajstić information content (AvgIpc) is 2.38. The van der Waals surface area contributed by atoms with Crippen molar-refractivity contribution in [2.24, 2.45) is 11.7 Å². The standard InChI is InChI=1S/C11H17N2O5S/c1-19-11-9(16)8(15)7(14)6(18-11)4-5(2-3-12)10(13)17/h4-9,11,14-16H,2H2,1H3,(H2,13,17). The Morgan fingerprint density at radius 3 is 2.58 bits per heavy atom. The number of nitrogens with zero attached hydrogens (tertiary/aromatic N) is 1. The van der Waals surface area contributed by atoms with Crippen molar-refractivity contribution in [3.05, 3.63) is 6.42 Å². The zero-order chi connectivity index (χ0) is 14.6. The van der Waals surface area contributed by atoms with Gasteiger partial charge in [-0.15, -0.1) is 11.8 Å². The van der Waals surface area contributed by atoms with E-state index in [0.717, 1.165) is 0 Å². The zero-order valence-corrected chi connectivity index (χ0v) is 11.2. The normalized spacial score (nSPS) is 36.5. The van der Waals surface area contributed by atoms with Crippen molar-refractivity contribution in [1.29, 1.82) is 5.26 Å². The lowest BCUT2D eigenvalue weighted by molar-refractivity contribution is -0.190. The lowest BCUT2D eigenvalue weighted by Gasteiger charge is -2.40. The number of carbonyl (C=O) groups is 1. The molecule has 0 saturated carbocycles. The topological polar surface area (TPSA) is 137 Å². The van der Waals surface area contributed by atoms with Gasteiger partial charge in [0.25, 0.3) is 0 Å². The van der Waals surface area contributed by atoms with Gasteiger partial charge in [0.2, 0.25) is 5.91 Å². The maximum Gasteiger partial charge on any atom is 0.221 e. The van der Waals surface area contributed by atoms with E-state index in [0.29, 0.717) is 0 Å². The molecule has 0 bridgehead atoms. The summed E-state index contributed by atoms with van der Waals surface area (Å²) in [5.74, 6) is -1.59. The second-order valence-corrected chi connectivity index (χ2v) is 5.18. The smallest absolute Gasteiger partial charge is 0.221 e. The molecule has 19 heavy (non-hydrogen) atoms. The monoisotopic (exact) mass is 289 g/mol. The van der Waals surface area contributed by atoms with Crippen LogP contribution in [0.4, 0.5) is 0 Å². The number of hydrogen-bond donors (Lipinski definition) is 4. The number of amides is 1. The van der Waals surface area contributed by atoms with E-state index in [9.17, 15) is 20.1 Å². The van der Waals surface area contributed by atoms with E-state index in [1.54, 1.807) is 6.26 Å². The Hall–Kier alpha value is -0.850. The van der Waals surface area contributed by atoms with Crippen LogP contribution >= 0.6 is 11.8 Å². The first-order valence-corrected chi connectivity index (χ1v) is 6.94. The van der Waals surface area contributed by atoms with E-state index in [1.165, 1.54) is 18.2 Å². The Morgan fingerprint density at radius 2 is 2.11 bits per heavy atom. The van der Waals surface area contributed by atoms with Crippen LogP contribution in [0.5, 0.6) is 0 Å². The van der Waals surface area contributed by atoms with E-state index in [4.69, 9.17) is 15.7 Å². The molecule has 7 nitrogen and oxygen atoms in total. The maximum atomic E-state index is 11.2. The highest BCUT2D eigenvalue weighted by molar-refractivity contribution is 7.99. The van der Waals surface area contributed by atoms with E-state index < -0.39 is 41.7 Å². The van der Waals surface area contributed by atoms with Gasteiger partial charge in [-0.2, -0.15) is 5.26 Å². The van der Waals surface area contributed by atoms with E-state index in [1.807, 2.05) is 6.07 Å². The number of ether oxygens (including phenoxy) is 1. The van der Waals surface area contributed by atoms with Gasteiger partial charge in [0.05, 0.1) is 18.1 Å². The second kappa shape index (κ2) is 7.07. The van der Waals surface area contributed by atoms with Crippen LogP contribution in [0.15, 0.2) is 0 Å². The molecule has 8 heteroatoms. The Morgan fingerprint density at radius 1 is 1.47 bits per heavy atom. The van der Waals surface area contributed by atoms with Crippen LogP contribution < -0.4 is 5.73 Å². The molecule has 1 aliphatic heterocycles. The fourth-order valence-corrected chi connectivity index (χ4v) is 2.50. The van der Waals surface area contributed by atoms with Crippen molar-refractivity contribution < 1.29 is 24.9 Å². The molecule has 1 heterocycles. The fraction of sp³-hybridized carbons (Fsp3) is 0.727. The van der Waals surface area contributed by atoms with Crippen LogP contribution in [0.3, 0.4) is 0 Å². The molecule has 0 aliphatic carbocycles. The molecule has 6 unspecified atom stereocenters. The first-order valence-electron chi connectivity index (χ1n) is 5.66. The molecule has 1 amide bonds. The first kappa shape index (κ1) is 16.2. The van der Waals surface area contributed by atoms with E-state index >= 15 is 0 Å². The molecular weight excluding hydrogens is 272 g/mol. The van der Waals surface area contributed by atoms with Crippen molar-refractivity contribution in [3.63, 3.8) is 0 Å². The number of rotatable bonds is 5. The summed E-state index contributed by atoms with van der Waals surface area (Å²) in [4.78, 5) is 11.2. The zero-order valence-electron chi connectivity index (χ0n) is 10.3. The van der Waals surface area contributed by atoms with Crippen LogP contribution in [0, 0.1) is 23.7 Å². The number of nitrogens with two attached hydrogens (primary N) is 1. The molecule has 0 aromatic heterocycles. The number of primary amides is 1. The summed E-state index contributed by atoms with van der Waals surface area (Å²) in [5.41, 5.74) is 4.41. The van der Waals surface area contributed by atoms with Crippen LogP contribution in [0.2, 0.25) is 0 Å². The number of hydrogen-bond acceptors (Lipinski definition) is 7. The van der Waals surface area contributed by atoms with Crippen molar-refractivity contribution >= 4 is 17.7 Å². The largest absolute Gasteiger partial charge is 0.388 e. The minimum Gasteiger partial charge on any atom is -0.388 e. The molecular formula is C11H17N2O5S. The van der Waals surface area contributed by atoms with Crippen LogP contribution in [-0.2, 0) is 9.53 Å². The van der Waals surface area contributed by atoms with Crippen molar-refractivity contribution in [2.45, 2.75) is 36.3 Å². The molecule has 1 aliphatic rings. The van der Waals surface area contributed by atoms with Gasteiger partial charge < -0.3 is 25.8 Å². The summed E-state index contributed by atoms with van der Waals surface area (Å²) in [6.45, 7) is 0. The molecule has 1 rings (SSSR count). The molecule has 5 N–H and O–H groups in total. The highest BCUT2D eigenvalue weighted by Crippen LogP contribution is 2.30. The van der Waals surface area contributed by atoms with E-state index in [2.05, 4.69) is 0 Å². The maximum absolute atomic E-state index is 11.2. The number of aliphatic hydroxyl groups excluding tert-OH is 3. The molecule has 0 spiro atoms. The summed E-state index contributed by atoms with van der Waals surface area (Å²) in [6, 6.07) is 1.81. The third kappa shape index (κ3) is 3.81. The van der Waals surface area contributed by atoms with Gasteiger partial charge in [0.15, 0.2) is 0 Å². The second-order valence-electron chi connectivity index (χ2n) is 4.24. The Bertz CT molecular complexity index is 359. The lowest BCUT2D eigenvalue weighted by atomic mass is 9.90. The summed E-state index contributed by atoms with van der Waals surface area (Å²) in [7, 11) is 0. The molecule has 0 aromatic rings. The van der Waals surface area contributed by atoms with Gasteiger partial charge in [0.1, 0.15) is 23.7 Å².